The molecule has 1 heterocycles. The van der Waals surface area contributed by atoms with Crippen molar-refractivity contribution in [2.75, 3.05) is 0 Å². The van der Waals surface area contributed by atoms with E-state index in [2.05, 4.69) is 37.9 Å². The fraction of sp³-hybridized carbons (Fsp3) is 0.294. The van der Waals surface area contributed by atoms with Crippen LogP contribution in [0.2, 0.25) is 0 Å². The number of carbonyl (C=O) groups is 1. The summed E-state index contributed by atoms with van der Waals surface area (Å²) in [5.41, 5.74) is 2.80. The van der Waals surface area contributed by atoms with E-state index in [0.29, 0.717) is 11.4 Å². The summed E-state index contributed by atoms with van der Waals surface area (Å²) < 4.78 is 5.89. The lowest BCUT2D eigenvalue weighted by Crippen LogP contribution is -2.12. The number of aryl methyl sites for hydroxylation is 1. The summed E-state index contributed by atoms with van der Waals surface area (Å²) in [5.74, 6) is 1.30. The van der Waals surface area contributed by atoms with Crippen LogP contribution in [-0.2, 0) is 5.41 Å². The van der Waals surface area contributed by atoms with E-state index in [1.54, 1.807) is 12.1 Å². The van der Waals surface area contributed by atoms with Crippen LogP contribution in [0.1, 0.15) is 42.3 Å². The molecule has 0 aliphatic heterocycles. The molecule has 0 atom stereocenters. The van der Waals surface area contributed by atoms with E-state index < -0.39 is 0 Å². The van der Waals surface area contributed by atoms with Gasteiger partial charge in [0.15, 0.2) is 6.29 Å². The Labute approximate surface area is 119 Å². The molecule has 0 saturated heterocycles. The molecule has 1 aromatic heterocycles. The van der Waals surface area contributed by atoms with Crippen LogP contribution in [0.4, 0.5) is 0 Å². The molecule has 0 aliphatic carbocycles. The summed E-state index contributed by atoms with van der Waals surface area (Å²) in [6.45, 7) is 8.47. The lowest BCUT2D eigenvalue weighted by Gasteiger charge is -2.22. The predicted octanol–water partition coefficient (Wildman–Crippen LogP) is 4.29. The van der Waals surface area contributed by atoms with E-state index in [4.69, 9.17) is 4.74 Å². The average molecular weight is 269 g/mol. The first-order valence-corrected chi connectivity index (χ1v) is 6.60. The van der Waals surface area contributed by atoms with Crippen LogP contribution in [0.15, 0.2) is 36.5 Å². The Morgan fingerprint density at radius 1 is 1.15 bits per heavy atom. The minimum absolute atomic E-state index is 0.00816. The van der Waals surface area contributed by atoms with Crippen molar-refractivity contribution in [2.24, 2.45) is 0 Å². The van der Waals surface area contributed by atoms with Crippen molar-refractivity contribution in [2.45, 2.75) is 33.1 Å². The summed E-state index contributed by atoms with van der Waals surface area (Å²) in [5, 5.41) is 0. The predicted molar refractivity (Wildman–Crippen MR) is 79.6 cm³/mol. The van der Waals surface area contributed by atoms with Crippen LogP contribution in [0, 0.1) is 6.92 Å². The Hall–Kier alpha value is -2.16. The maximum absolute atomic E-state index is 10.6. The minimum Gasteiger partial charge on any atom is -0.439 e. The van der Waals surface area contributed by atoms with Gasteiger partial charge in [-0.2, -0.15) is 0 Å². The monoisotopic (exact) mass is 269 g/mol. The molecular formula is C17H19NO2. The fourth-order valence-electron chi connectivity index (χ4n) is 1.97. The average Bonchev–Trinajstić information content (AvgIpc) is 2.38. The second-order valence-corrected chi connectivity index (χ2v) is 5.90. The first-order chi connectivity index (χ1) is 9.40. The molecule has 20 heavy (non-hydrogen) atoms. The van der Waals surface area contributed by atoms with Gasteiger partial charge in [0.05, 0.1) is 0 Å². The number of benzene rings is 1. The van der Waals surface area contributed by atoms with Gasteiger partial charge in [0.2, 0.25) is 5.88 Å². The van der Waals surface area contributed by atoms with Gasteiger partial charge in [-0.1, -0.05) is 32.9 Å². The standard InChI is InChI=1S/C17H19NO2/c1-12-5-7-14(17(2,3)4)15(9-12)20-16-8-6-13(11-19)10-18-16/h5-11H,1-4H3. The van der Waals surface area contributed by atoms with E-state index in [9.17, 15) is 4.79 Å². The summed E-state index contributed by atoms with van der Waals surface area (Å²) in [6.07, 6.45) is 2.28. The van der Waals surface area contributed by atoms with Crippen molar-refractivity contribution in [1.29, 1.82) is 0 Å². The lowest BCUT2D eigenvalue weighted by atomic mass is 9.86. The zero-order valence-corrected chi connectivity index (χ0v) is 12.3. The quantitative estimate of drug-likeness (QED) is 0.780. The second-order valence-electron chi connectivity index (χ2n) is 5.90. The normalized spacial score (nSPS) is 11.2. The summed E-state index contributed by atoms with van der Waals surface area (Å²) >= 11 is 0. The molecule has 104 valence electrons. The maximum atomic E-state index is 10.6. The molecule has 0 N–H and O–H groups in total. The molecule has 0 saturated carbocycles. The van der Waals surface area contributed by atoms with Gasteiger partial charge in [-0.3, -0.25) is 4.79 Å². The van der Waals surface area contributed by atoms with Gasteiger partial charge in [0.1, 0.15) is 5.75 Å². The summed E-state index contributed by atoms with van der Waals surface area (Å²) in [7, 11) is 0. The number of rotatable bonds is 3. The van der Waals surface area contributed by atoms with E-state index in [-0.39, 0.29) is 5.41 Å². The number of ether oxygens (including phenoxy) is 1. The van der Waals surface area contributed by atoms with Crippen LogP contribution >= 0.6 is 0 Å². The Morgan fingerprint density at radius 3 is 2.45 bits per heavy atom. The topological polar surface area (TPSA) is 39.2 Å². The molecule has 0 radical (unpaired) electrons. The van der Waals surface area contributed by atoms with Crippen LogP contribution in [0.3, 0.4) is 0 Å². The summed E-state index contributed by atoms with van der Waals surface area (Å²) in [6, 6.07) is 9.58. The number of aromatic nitrogens is 1. The molecule has 0 amide bonds. The first-order valence-electron chi connectivity index (χ1n) is 6.60. The Bertz CT molecular complexity index is 610. The lowest BCUT2D eigenvalue weighted by molar-refractivity contribution is 0.112. The number of aldehydes is 1. The van der Waals surface area contributed by atoms with Crippen molar-refractivity contribution in [3.8, 4) is 11.6 Å². The largest absolute Gasteiger partial charge is 0.439 e. The molecule has 0 bridgehead atoms. The van der Waals surface area contributed by atoms with Gasteiger partial charge in [-0.15, -0.1) is 0 Å². The van der Waals surface area contributed by atoms with Gasteiger partial charge in [-0.25, -0.2) is 4.98 Å². The van der Waals surface area contributed by atoms with Gasteiger partial charge in [0.25, 0.3) is 0 Å². The van der Waals surface area contributed by atoms with Crippen molar-refractivity contribution in [3.05, 3.63) is 53.2 Å². The fourth-order valence-corrected chi connectivity index (χ4v) is 1.97. The molecule has 0 spiro atoms. The number of pyridine rings is 1. The molecular weight excluding hydrogens is 250 g/mol. The zero-order valence-electron chi connectivity index (χ0n) is 12.3. The van der Waals surface area contributed by atoms with E-state index in [1.807, 2.05) is 13.0 Å². The van der Waals surface area contributed by atoms with Crippen LogP contribution in [-0.4, -0.2) is 11.3 Å². The summed E-state index contributed by atoms with van der Waals surface area (Å²) in [4.78, 5) is 14.8. The Balaban J connectivity index is 2.36. The number of hydrogen-bond donors (Lipinski definition) is 0. The third-order valence-corrected chi connectivity index (χ3v) is 3.05. The Morgan fingerprint density at radius 2 is 1.90 bits per heavy atom. The van der Waals surface area contributed by atoms with Crippen molar-refractivity contribution < 1.29 is 9.53 Å². The second kappa shape index (κ2) is 5.45. The van der Waals surface area contributed by atoms with Crippen molar-refractivity contribution in [3.63, 3.8) is 0 Å². The Kier molecular flexibility index (Phi) is 3.89. The van der Waals surface area contributed by atoms with Gasteiger partial charge < -0.3 is 4.74 Å². The smallest absolute Gasteiger partial charge is 0.219 e. The number of nitrogens with zero attached hydrogens (tertiary/aromatic N) is 1. The van der Waals surface area contributed by atoms with Crippen LogP contribution < -0.4 is 4.74 Å². The number of carbonyl (C=O) groups excluding carboxylic acids is 1. The molecule has 0 fully saturated rings. The van der Waals surface area contributed by atoms with Crippen molar-refractivity contribution >= 4 is 6.29 Å². The van der Waals surface area contributed by atoms with E-state index in [1.165, 1.54) is 6.20 Å². The third kappa shape index (κ3) is 3.23. The molecule has 0 aliphatic rings. The van der Waals surface area contributed by atoms with E-state index in [0.717, 1.165) is 23.2 Å². The van der Waals surface area contributed by atoms with E-state index >= 15 is 0 Å². The molecule has 3 nitrogen and oxygen atoms in total. The molecule has 1 aromatic carbocycles. The third-order valence-electron chi connectivity index (χ3n) is 3.05. The zero-order chi connectivity index (χ0) is 14.8. The maximum Gasteiger partial charge on any atom is 0.219 e. The minimum atomic E-state index is -0.00816. The SMILES string of the molecule is Cc1ccc(C(C)(C)C)c(Oc2ccc(C=O)cn2)c1. The highest BCUT2D eigenvalue weighted by Gasteiger charge is 2.19. The van der Waals surface area contributed by atoms with Crippen LogP contribution in [0.25, 0.3) is 0 Å². The molecule has 3 heteroatoms. The highest BCUT2D eigenvalue weighted by molar-refractivity contribution is 5.74. The number of hydrogen-bond acceptors (Lipinski definition) is 3. The van der Waals surface area contributed by atoms with Crippen LogP contribution in [0.5, 0.6) is 11.6 Å². The van der Waals surface area contributed by atoms with Gasteiger partial charge in [0, 0.05) is 23.4 Å². The molecule has 2 rings (SSSR count). The molecule has 0 unspecified atom stereocenters. The highest BCUT2D eigenvalue weighted by Crippen LogP contribution is 2.34. The van der Waals surface area contributed by atoms with Gasteiger partial charge >= 0.3 is 0 Å². The highest BCUT2D eigenvalue weighted by atomic mass is 16.5. The van der Waals surface area contributed by atoms with Gasteiger partial charge in [-0.05, 0) is 30.0 Å². The van der Waals surface area contributed by atoms with Crippen molar-refractivity contribution in [1.82, 2.24) is 4.98 Å². The first kappa shape index (κ1) is 14.3. The molecule has 2 aromatic rings.